The largest absolute Gasteiger partial charge is 0.496 e. The van der Waals surface area contributed by atoms with Gasteiger partial charge in [-0.05, 0) is 38.0 Å². The van der Waals surface area contributed by atoms with Gasteiger partial charge in [0.2, 0.25) is 0 Å². The van der Waals surface area contributed by atoms with E-state index in [0.717, 1.165) is 37.9 Å². The fraction of sp³-hybridized carbons (Fsp3) is 0.625. The van der Waals surface area contributed by atoms with Crippen molar-refractivity contribution in [2.24, 2.45) is 5.92 Å². The lowest BCUT2D eigenvalue weighted by atomic mass is 10.1. The standard InChI is InChI=1S/C16H22N2O3/c1-21-13-9-14(19)18-8-4-2-3-5-12(18)15(13)16(20)17-10-11-6-7-11/h9,11H,2-8,10H2,1H3,(H,17,20). The Labute approximate surface area is 124 Å². The third-order valence-electron chi connectivity index (χ3n) is 4.37. The Morgan fingerprint density at radius 1 is 1.38 bits per heavy atom. The third kappa shape index (κ3) is 2.96. The normalized spacial score (nSPS) is 17.8. The van der Waals surface area contributed by atoms with Gasteiger partial charge in [-0.1, -0.05) is 6.42 Å². The maximum Gasteiger partial charge on any atom is 0.256 e. The number of aromatic nitrogens is 1. The summed E-state index contributed by atoms with van der Waals surface area (Å²) in [4.78, 5) is 24.7. The van der Waals surface area contributed by atoms with Crippen molar-refractivity contribution in [3.63, 3.8) is 0 Å². The molecule has 0 atom stereocenters. The number of hydrogen-bond donors (Lipinski definition) is 1. The third-order valence-corrected chi connectivity index (χ3v) is 4.37. The first-order valence-corrected chi connectivity index (χ1v) is 7.79. The summed E-state index contributed by atoms with van der Waals surface area (Å²) >= 11 is 0. The van der Waals surface area contributed by atoms with E-state index >= 15 is 0 Å². The van der Waals surface area contributed by atoms with Crippen LogP contribution in [-0.2, 0) is 13.0 Å². The molecule has 1 aromatic rings. The van der Waals surface area contributed by atoms with Gasteiger partial charge in [0, 0.05) is 24.8 Å². The average molecular weight is 290 g/mol. The van der Waals surface area contributed by atoms with Crippen LogP contribution in [0.15, 0.2) is 10.9 Å². The van der Waals surface area contributed by atoms with Gasteiger partial charge in [-0.15, -0.1) is 0 Å². The van der Waals surface area contributed by atoms with Crippen LogP contribution >= 0.6 is 0 Å². The number of methoxy groups -OCH3 is 1. The smallest absolute Gasteiger partial charge is 0.256 e. The van der Waals surface area contributed by atoms with E-state index in [-0.39, 0.29) is 11.5 Å². The molecule has 1 saturated carbocycles. The van der Waals surface area contributed by atoms with Gasteiger partial charge in [-0.2, -0.15) is 0 Å². The summed E-state index contributed by atoms with van der Waals surface area (Å²) in [5, 5.41) is 2.99. The lowest BCUT2D eigenvalue weighted by Gasteiger charge is -2.17. The molecule has 2 heterocycles. The first kappa shape index (κ1) is 14.2. The topological polar surface area (TPSA) is 60.3 Å². The SMILES string of the molecule is COc1cc(=O)n2c(c1C(=O)NCC1CC1)CCCCC2. The Bertz CT molecular complexity index is 602. The molecule has 1 aliphatic heterocycles. The molecule has 1 amide bonds. The molecule has 5 heteroatoms. The highest BCUT2D eigenvalue weighted by Gasteiger charge is 2.26. The van der Waals surface area contributed by atoms with Crippen molar-refractivity contribution in [1.82, 2.24) is 9.88 Å². The van der Waals surface area contributed by atoms with Crippen molar-refractivity contribution in [3.8, 4) is 5.75 Å². The molecule has 1 fully saturated rings. The van der Waals surface area contributed by atoms with E-state index in [2.05, 4.69) is 5.32 Å². The zero-order chi connectivity index (χ0) is 14.8. The lowest BCUT2D eigenvalue weighted by molar-refractivity contribution is 0.0946. The minimum Gasteiger partial charge on any atom is -0.496 e. The maximum atomic E-state index is 12.5. The minimum atomic E-state index is -0.107. The van der Waals surface area contributed by atoms with E-state index in [1.54, 1.807) is 4.57 Å². The molecule has 0 unspecified atom stereocenters. The van der Waals surface area contributed by atoms with Crippen LogP contribution in [0.2, 0.25) is 0 Å². The van der Waals surface area contributed by atoms with Crippen LogP contribution in [0.3, 0.4) is 0 Å². The van der Waals surface area contributed by atoms with Crippen LogP contribution in [0, 0.1) is 5.92 Å². The van der Waals surface area contributed by atoms with Gasteiger partial charge in [-0.3, -0.25) is 9.59 Å². The zero-order valence-corrected chi connectivity index (χ0v) is 12.5. The van der Waals surface area contributed by atoms with E-state index < -0.39 is 0 Å². The average Bonchev–Trinajstić information content (AvgIpc) is 3.30. The molecule has 21 heavy (non-hydrogen) atoms. The summed E-state index contributed by atoms with van der Waals surface area (Å²) < 4.78 is 7.05. The molecule has 5 nitrogen and oxygen atoms in total. The van der Waals surface area contributed by atoms with Crippen LogP contribution in [0.1, 0.15) is 48.2 Å². The lowest BCUT2D eigenvalue weighted by Crippen LogP contribution is -2.31. The highest BCUT2D eigenvalue weighted by atomic mass is 16.5. The fourth-order valence-corrected chi connectivity index (χ4v) is 2.97. The second-order valence-corrected chi connectivity index (χ2v) is 5.99. The Morgan fingerprint density at radius 2 is 2.19 bits per heavy atom. The van der Waals surface area contributed by atoms with Crippen LogP contribution in [-0.4, -0.2) is 24.1 Å². The molecule has 0 spiro atoms. The summed E-state index contributed by atoms with van der Waals surface area (Å²) in [5.74, 6) is 0.927. The summed E-state index contributed by atoms with van der Waals surface area (Å²) in [7, 11) is 1.51. The second-order valence-electron chi connectivity index (χ2n) is 5.99. The fourth-order valence-electron chi connectivity index (χ4n) is 2.97. The van der Waals surface area contributed by atoms with E-state index in [0.29, 0.717) is 23.8 Å². The van der Waals surface area contributed by atoms with Gasteiger partial charge in [0.15, 0.2) is 0 Å². The van der Waals surface area contributed by atoms with Crippen molar-refractivity contribution in [2.75, 3.05) is 13.7 Å². The number of fused-ring (bicyclic) bond motifs is 1. The first-order valence-electron chi connectivity index (χ1n) is 7.79. The monoisotopic (exact) mass is 290 g/mol. The molecule has 0 saturated heterocycles. The quantitative estimate of drug-likeness (QED) is 0.918. The van der Waals surface area contributed by atoms with Crippen molar-refractivity contribution in [3.05, 3.63) is 27.7 Å². The molecule has 1 N–H and O–H groups in total. The number of nitrogens with zero attached hydrogens (tertiary/aromatic N) is 1. The molecule has 3 rings (SSSR count). The van der Waals surface area contributed by atoms with Crippen LogP contribution in [0.4, 0.5) is 0 Å². The molecule has 0 aromatic carbocycles. The van der Waals surface area contributed by atoms with Crippen molar-refractivity contribution < 1.29 is 9.53 Å². The number of pyridine rings is 1. The highest BCUT2D eigenvalue weighted by Crippen LogP contribution is 2.28. The number of ether oxygens (including phenoxy) is 1. The first-order chi connectivity index (χ1) is 10.2. The molecule has 2 aliphatic rings. The van der Waals surface area contributed by atoms with Crippen LogP contribution < -0.4 is 15.6 Å². The van der Waals surface area contributed by atoms with E-state index in [1.165, 1.54) is 26.0 Å². The molecular weight excluding hydrogens is 268 g/mol. The molecule has 1 aliphatic carbocycles. The Morgan fingerprint density at radius 3 is 2.90 bits per heavy atom. The number of hydrogen-bond acceptors (Lipinski definition) is 3. The number of carbonyl (C=O) groups excluding carboxylic acids is 1. The van der Waals surface area contributed by atoms with E-state index in [1.807, 2.05) is 0 Å². The Kier molecular flexibility index (Phi) is 3.99. The Hall–Kier alpha value is -1.78. The van der Waals surface area contributed by atoms with Gasteiger partial charge >= 0.3 is 0 Å². The second kappa shape index (κ2) is 5.92. The number of carbonyl (C=O) groups is 1. The summed E-state index contributed by atoms with van der Waals surface area (Å²) in [5.41, 5.74) is 1.33. The minimum absolute atomic E-state index is 0.0671. The summed E-state index contributed by atoms with van der Waals surface area (Å²) in [6.45, 7) is 1.42. The molecular formula is C16H22N2O3. The van der Waals surface area contributed by atoms with Gasteiger partial charge in [0.1, 0.15) is 11.3 Å². The molecule has 0 bridgehead atoms. The van der Waals surface area contributed by atoms with Crippen LogP contribution in [0.5, 0.6) is 5.75 Å². The predicted octanol–water partition coefficient (Wildman–Crippen LogP) is 1.72. The van der Waals surface area contributed by atoms with Crippen molar-refractivity contribution in [2.45, 2.75) is 45.1 Å². The van der Waals surface area contributed by atoms with Gasteiger partial charge in [0.05, 0.1) is 7.11 Å². The van der Waals surface area contributed by atoms with Gasteiger partial charge in [0.25, 0.3) is 11.5 Å². The predicted molar refractivity (Wildman–Crippen MR) is 79.9 cm³/mol. The molecule has 114 valence electrons. The highest BCUT2D eigenvalue weighted by molar-refractivity contribution is 5.98. The number of amides is 1. The maximum absolute atomic E-state index is 12.5. The Balaban J connectivity index is 1.98. The molecule has 0 radical (unpaired) electrons. The zero-order valence-electron chi connectivity index (χ0n) is 12.5. The van der Waals surface area contributed by atoms with Gasteiger partial charge in [-0.25, -0.2) is 0 Å². The molecule has 1 aromatic heterocycles. The summed E-state index contributed by atoms with van der Waals surface area (Å²) in [6, 6.07) is 1.45. The number of nitrogens with one attached hydrogen (secondary N) is 1. The van der Waals surface area contributed by atoms with E-state index in [4.69, 9.17) is 4.74 Å². The summed E-state index contributed by atoms with van der Waals surface area (Å²) in [6.07, 6.45) is 6.25. The van der Waals surface area contributed by atoms with Crippen molar-refractivity contribution in [1.29, 1.82) is 0 Å². The van der Waals surface area contributed by atoms with Crippen molar-refractivity contribution >= 4 is 5.91 Å². The van der Waals surface area contributed by atoms with Crippen LogP contribution in [0.25, 0.3) is 0 Å². The van der Waals surface area contributed by atoms with E-state index in [9.17, 15) is 9.59 Å². The number of rotatable bonds is 4. The van der Waals surface area contributed by atoms with Gasteiger partial charge < -0.3 is 14.6 Å².